The Kier molecular flexibility index (Phi) is 4.05. The van der Waals surface area contributed by atoms with E-state index in [9.17, 15) is 13.2 Å². The SMILES string of the molecule is FC(F)(F)C=C=C(c1ccccc1)c1cccc2ccccc12. The molecule has 0 fully saturated rings. The van der Waals surface area contributed by atoms with E-state index in [4.69, 9.17) is 0 Å². The van der Waals surface area contributed by atoms with E-state index in [1.807, 2.05) is 48.5 Å². The minimum Gasteiger partial charge on any atom is -0.166 e. The van der Waals surface area contributed by atoms with Crippen LogP contribution in [0.4, 0.5) is 13.2 Å². The first-order chi connectivity index (χ1) is 11.0. The van der Waals surface area contributed by atoms with Crippen LogP contribution in [0.2, 0.25) is 0 Å². The molecule has 0 aromatic heterocycles. The molecular weight excluding hydrogens is 297 g/mol. The predicted octanol–water partition coefficient (Wildman–Crippen LogP) is 5.99. The van der Waals surface area contributed by atoms with Gasteiger partial charge in [0.15, 0.2) is 0 Å². The maximum Gasteiger partial charge on any atom is 0.416 e. The predicted molar refractivity (Wildman–Crippen MR) is 87.0 cm³/mol. The van der Waals surface area contributed by atoms with E-state index in [2.05, 4.69) is 5.73 Å². The van der Waals surface area contributed by atoms with Gasteiger partial charge in [0.25, 0.3) is 0 Å². The van der Waals surface area contributed by atoms with Crippen LogP contribution in [0.3, 0.4) is 0 Å². The molecule has 0 saturated carbocycles. The molecule has 3 rings (SSSR count). The molecule has 0 saturated heterocycles. The Bertz CT molecular complexity index is 878. The van der Waals surface area contributed by atoms with Gasteiger partial charge >= 0.3 is 6.18 Å². The van der Waals surface area contributed by atoms with E-state index in [1.54, 1.807) is 24.3 Å². The van der Waals surface area contributed by atoms with E-state index in [0.29, 0.717) is 11.1 Å². The highest BCUT2D eigenvalue weighted by atomic mass is 19.4. The molecule has 0 nitrogen and oxygen atoms in total. The summed E-state index contributed by atoms with van der Waals surface area (Å²) in [4.78, 5) is 0. The minimum atomic E-state index is -4.40. The average Bonchev–Trinajstić information content (AvgIpc) is 2.55. The quantitative estimate of drug-likeness (QED) is 0.510. The summed E-state index contributed by atoms with van der Waals surface area (Å²) in [6.45, 7) is 0. The molecule has 114 valence electrons. The van der Waals surface area contributed by atoms with Crippen LogP contribution < -0.4 is 0 Å². The van der Waals surface area contributed by atoms with Crippen LogP contribution in [0.5, 0.6) is 0 Å². The summed E-state index contributed by atoms with van der Waals surface area (Å²) in [5.41, 5.74) is 4.31. The fraction of sp³-hybridized carbons (Fsp3) is 0.0500. The lowest BCUT2D eigenvalue weighted by molar-refractivity contribution is -0.0796. The highest BCUT2D eigenvalue weighted by Crippen LogP contribution is 2.30. The van der Waals surface area contributed by atoms with Crippen molar-refractivity contribution >= 4 is 16.3 Å². The van der Waals surface area contributed by atoms with Gasteiger partial charge in [-0.25, -0.2) is 0 Å². The van der Waals surface area contributed by atoms with Gasteiger partial charge in [0.1, 0.15) is 0 Å². The first-order valence-electron chi connectivity index (χ1n) is 7.13. The Labute approximate surface area is 132 Å². The highest BCUT2D eigenvalue weighted by molar-refractivity contribution is 5.97. The number of benzene rings is 3. The van der Waals surface area contributed by atoms with Gasteiger partial charge in [-0.1, -0.05) is 72.8 Å². The standard InChI is InChI=1S/C20H13F3/c21-20(22,23)14-13-18(15-7-2-1-3-8-15)19-12-6-10-16-9-4-5-11-17(16)19/h1-12,14H. The summed E-state index contributed by atoms with van der Waals surface area (Å²) in [5.74, 6) is 0. The molecule has 0 unspecified atom stereocenters. The van der Waals surface area contributed by atoms with E-state index < -0.39 is 6.18 Å². The second-order valence-corrected chi connectivity index (χ2v) is 5.10. The van der Waals surface area contributed by atoms with Crippen LogP contribution >= 0.6 is 0 Å². The largest absolute Gasteiger partial charge is 0.416 e. The number of fused-ring (bicyclic) bond motifs is 1. The van der Waals surface area contributed by atoms with Crippen molar-refractivity contribution < 1.29 is 13.2 Å². The molecule has 0 N–H and O–H groups in total. The number of hydrogen-bond acceptors (Lipinski definition) is 0. The van der Waals surface area contributed by atoms with Crippen molar-refractivity contribution in [3.63, 3.8) is 0 Å². The van der Waals surface area contributed by atoms with Crippen LogP contribution in [0, 0.1) is 0 Å². The van der Waals surface area contributed by atoms with E-state index in [0.717, 1.165) is 16.3 Å². The second kappa shape index (κ2) is 6.15. The van der Waals surface area contributed by atoms with Crippen molar-refractivity contribution in [2.75, 3.05) is 0 Å². The average molecular weight is 310 g/mol. The number of halogens is 3. The Balaban J connectivity index is 2.29. The molecule has 0 aliphatic carbocycles. The zero-order chi connectivity index (χ0) is 16.3. The van der Waals surface area contributed by atoms with Crippen LogP contribution in [0.1, 0.15) is 11.1 Å². The summed E-state index contributed by atoms with van der Waals surface area (Å²) in [5, 5.41) is 1.88. The van der Waals surface area contributed by atoms with Crippen molar-refractivity contribution in [3.8, 4) is 0 Å². The molecule has 23 heavy (non-hydrogen) atoms. The molecule has 3 heteroatoms. The van der Waals surface area contributed by atoms with E-state index in [-0.39, 0.29) is 6.08 Å². The van der Waals surface area contributed by atoms with Crippen molar-refractivity contribution in [1.29, 1.82) is 0 Å². The second-order valence-electron chi connectivity index (χ2n) is 5.10. The molecule has 0 amide bonds. The maximum absolute atomic E-state index is 12.6. The summed E-state index contributed by atoms with van der Waals surface area (Å²) < 4.78 is 37.9. The van der Waals surface area contributed by atoms with Gasteiger partial charge < -0.3 is 0 Å². The van der Waals surface area contributed by atoms with Crippen molar-refractivity contribution in [2.24, 2.45) is 0 Å². The number of allylic oxidation sites excluding steroid dienone is 1. The van der Waals surface area contributed by atoms with Gasteiger partial charge in [-0.15, -0.1) is 5.73 Å². The van der Waals surface area contributed by atoms with Gasteiger partial charge in [0, 0.05) is 5.57 Å². The molecule has 3 aromatic carbocycles. The third kappa shape index (κ3) is 3.53. The minimum absolute atomic E-state index is 0.164. The summed E-state index contributed by atoms with van der Waals surface area (Å²) in [6.07, 6.45) is -4.23. The van der Waals surface area contributed by atoms with Crippen LogP contribution in [0.15, 0.2) is 84.6 Å². The van der Waals surface area contributed by atoms with Crippen LogP contribution in [0.25, 0.3) is 16.3 Å². The van der Waals surface area contributed by atoms with Crippen LogP contribution in [-0.2, 0) is 0 Å². The van der Waals surface area contributed by atoms with Crippen LogP contribution in [-0.4, -0.2) is 6.18 Å². The van der Waals surface area contributed by atoms with Crippen molar-refractivity contribution in [2.45, 2.75) is 6.18 Å². The fourth-order valence-electron chi connectivity index (χ4n) is 2.52. The highest BCUT2D eigenvalue weighted by Gasteiger charge is 2.22. The maximum atomic E-state index is 12.6. The lowest BCUT2D eigenvalue weighted by Gasteiger charge is -2.10. The Morgan fingerprint density at radius 2 is 1.43 bits per heavy atom. The summed E-state index contributed by atoms with van der Waals surface area (Å²) in [7, 11) is 0. The van der Waals surface area contributed by atoms with Gasteiger partial charge in [-0.05, 0) is 21.9 Å². The lowest BCUT2D eigenvalue weighted by atomic mass is 9.94. The number of rotatable bonds is 2. The van der Waals surface area contributed by atoms with Gasteiger partial charge in [-0.3, -0.25) is 0 Å². The third-order valence-corrected chi connectivity index (χ3v) is 3.50. The summed E-state index contributed by atoms with van der Waals surface area (Å²) >= 11 is 0. The lowest BCUT2D eigenvalue weighted by Crippen LogP contribution is -2.00. The molecule has 0 spiro atoms. The Morgan fingerprint density at radius 1 is 0.783 bits per heavy atom. The number of alkyl halides is 3. The first-order valence-corrected chi connectivity index (χ1v) is 7.13. The zero-order valence-electron chi connectivity index (χ0n) is 12.1. The Morgan fingerprint density at radius 3 is 2.17 bits per heavy atom. The van der Waals surface area contributed by atoms with E-state index >= 15 is 0 Å². The molecule has 0 radical (unpaired) electrons. The van der Waals surface area contributed by atoms with Gasteiger partial charge in [0.2, 0.25) is 0 Å². The first kappa shape index (κ1) is 15.1. The topological polar surface area (TPSA) is 0 Å². The zero-order valence-corrected chi connectivity index (χ0v) is 12.1. The van der Waals surface area contributed by atoms with Gasteiger partial charge in [0.05, 0.1) is 6.08 Å². The molecule has 0 aliphatic heterocycles. The normalized spacial score (nSPS) is 11.1. The molecule has 0 aliphatic rings. The third-order valence-electron chi connectivity index (χ3n) is 3.50. The summed E-state index contributed by atoms with van der Waals surface area (Å²) in [6, 6.07) is 22.2. The Hall–Kier alpha value is -2.77. The molecular formula is C20H13F3. The molecule has 0 bridgehead atoms. The number of hydrogen-bond donors (Lipinski definition) is 0. The molecule has 0 atom stereocenters. The van der Waals surface area contributed by atoms with Crippen molar-refractivity contribution in [1.82, 2.24) is 0 Å². The van der Waals surface area contributed by atoms with Gasteiger partial charge in [-0.2, -0.15) is 13.2 Å². The van der Waals surface area contributed by atoms with E-state index in [1.165, 1.54) is 0 Å². The van der Waals surface area contributed by atoms with Crippen molar-refractivity contribution in [3.05, 3.63) is 95.7 Å². The smallest absolute Gasteiger partial charge is 0.166 e. The fourth-order valence-corrected chi connectivity index (χ4v) is 2.52. The molecule has 0 heterocycles. The monoisotopic (exact) mass is 310 g/mol. The molecule has 3 aromatic rings.